The van der Waals surface area contributed by atoms with Gasteiger partial charge in [0.05, 0.1) is 34.9 Å². The minimum absolute atomic E-state index is 0.0903. The summed E-state index contributed by atoms with van der Waals surface area (Å²) in [5, 5.41) is 3.47. The highest BCUT2D eigenvalue weighted by atomic mass is 35.5. The number of carbonyl (C=O) groups is 1. The second kappa shape index (κ2) is 4.39. The van der Waals surface area contributed by atoms with Crippen molar-refractivity contribution in [2.24, 2.45) is 0 Å². The van der Waals surface area contributed by atoms with Gasteiger partial charge in [0.1, 0.15) is 0 Å². The van der Waals surface area contributed by atoms with Crippen molar-refractivity contribution < 1.29 is 9.53 Å². The van der Waals surface area contributed by atoms with Gasteiger partial charge in [-0.25, -0.2) is 0 Å². The third kappa shape index (κ3) is 2.25. The molecule has 1 fully saturated rings. The second-order valence-corrected chi connectivity index (χ2v) is 4.09. The summed E-state index contributed by atoms with van der Waals surface area (Å²) in [5.41, 5.74) is 0.399. The van der Waals surface area contributed by atoms with Crippen LogP contribution >= 0.6 is 23.2 Å². The van der Waals surface area contributed by atoms with Crippen LogP contribution < -0.4 is 5.32 Å². The largest absolute Gasteiger partial charge is 0.377 e. The van der Waals surface area contributed by atoms with Crippen LogP contribution in [0.1, 0.15) is 10.4 Å². The fourth-order valence-electron chi connectivity index (χ4n) is 1.26. The maximum atomic E-state index is 11.7. The van der Waals surface area contributed by atoms with E-state index in [1.807, 2.05) is 0 Å². The van der Waals surface area contributed by atoms with Crippen molar-refractivity contribution in [2.75, 3.05) is 13.2 Å². The van der Waals surface area contributed by atoms with Crippen LogP contribution in [0.3, 0.4) is 0 Å². The molecule has 0 aromatic heterocycles. The number of amides is 1. The molecule has 1 aromatic rings. The van der Waals surface area contributed by atoms with Crippen molar-refractivity contribution >= 4 is 29.1 Å². The van der Waals surface area contributed by atoms with Gasteiger partial charge in [-0.2, -0.15) is 0 Å². The zero-order chi connectivity index (χ0) is 10.8. The Morgan fingerprint density at radius 1 is 1.40 bits per heavy atom. The number of benzene rings is 1. The Kier molecular flexibility index (Phi) is 3.14. The summed E-state index contributed by atoms with van der Waals surface area (Å²) in [4.78, 5) is 11.7. The molecule has 0 radical (unpaired) electrons. The lowest BCUT2D eigenvalue weighted by Crippen LogP contribution is -2.48. The molecule has 2 rings (SSSR count). The lowest BCUT2D eigenvalue weighted by molar-refractivity contribution is -0.00346. The van der Waals surface area contributed by atoms with Crippen LogP contribution in [0.5, 0.6) is 0 Å². The molecular weight excluding hydrogens is 237 g/mol. The molecule has 1 aliphatic rings. The first-order valence-electron chi connectivity index (χ1n) is 4.51. The fraction of sp³-hybridized carbons (Fsp3) is 0.300. The lowest BCUT2D eigenvalue weighted by atomic mass is 10.2. The number of carbonyl (C=O) groups excluding carboxylic acids is 1. The van der Waals surface area contributed by atoms with E-state index >= 15 is 0 Å². The molecule has 0 saturated carbocycles. The van der Waals surface area contributed by atoms with Gasteiger partial charge >= 0.3 is 0 Å². The molecule has 1 aromatic carbocycles. The van der Waals surface area contributed by atoms with Gasteiger partial charge in [-0.05, 0) is 12.1 Å². The molecule has 0 bridgehead atoms. The number of hydrogen-bond donors (Lipinski definition) is 1. The summed E-state index contributed by atoms with van der Waals surface area (Å²) in [5.74, 6) is -0.212. The van der Waals surface area contributed by atoms with Gasteiger partial charge in [0.25, 0.3) is 5.91 Å². The Labute approximate surface area is 97.3 Å². The molecule has 1 heterocycles. The van der Waals surface area contributed by atoms with E-state index in [9.17, 15) is 4.79 Å². The van der Waals surface area contributed by atoms with Crippen LogP contribution in [-0.2, 0) is 4.74 Å². The molecule has 1 saturated heterocycles. The molecule has 80 valence electrons. The van der Waals surface area contributed by atoms with Gasteiger partial charge in [0.2, 0.25) is 0 Å². The van der Waals surface area contributed by atoms with Gasteiger partial charge in [-0.1, -0.05) is 29.3 Å². The highest BCUT2D eigenvalue weighted by Crippen LogP contribution is 2.25. The first-order chi connectivity index (χ1) is 7.18. The monoisotopic (exact) mass is 245 g/mol. The minimum atomic E-state index is -0.212. The van der Waals surface area contributed by atoms with Crippen LogP contribution in [0, 0.1) is 0 Å². The van der Waals surface area contributed by atoms with Crippen molar-refractivity contribution in [1.82, 2.24) is 5.32 Å². The maximum absolute atomic E-state index is 11.7. The highest BCUT2D eigenvalue weighted by Gasteiger charge is 2.22. The number of nitrogens with one attached hydrogen (secondary N) is 1. The smallest absolute Gasteiger partial charge is 0.253 e. The van der Waals surface area contributed by atoms with Crippen molar-refractivity contribution in [3.63, 3.8) is 0 Å². The van der Waals surface area contributed by atoms with Gasteiger partial charge in [-0.3, -0.25) is 4.79 Å². The highest BCUT2D eigenvalue weighted by molar-refractivity contribution is 6.43. The van der Waals surface area contributed by atoms with E-state index < -0.39 is 0 Å². The molecule has 1 amide bonds. The summed E-state index contributed by atoms with van der Waals surface area (Å²) in [7, 11) is 0. The van der Waals surface area contributed by atoms with Crippen LogP contribution in [0.4, 0.5) is 0 Å². The summed E-state index contributed by atoms with van der Waals surface area (Å²) in [6.45, 7) is 1.12. The van der Waals surface area contributed by atoms with E-state index in [0.29, 0.717) is 23.8 Å². The molecule has 0 unspecified atom stereocenters. The second-order valence-electron chi connectivity index (χ2n) is 3.31. The van der Waals surface area contributed by atoms with Crippen molar-refractivity contribution in [2.45, 2.75) is 6.04 Å². The normalized spacial score (nSPS) is 15.9. The van der Waals surface area contributed by atoms with E-state index in [0.717, 1.165) is 0 Å². The Morgan fingerprint density at radius 2 is 2.13 bits per heavy atom. The quantitative estimate of drug-likeness (QED) is 0.867. The molecule has 1 N–H and O–H groups in total. The van der Waals surface area contributed by atoms with E-state index in [1.54, 1.807) is 18.2 Å². The van der Waals surface area contributed by atoms with Crippen molar-refractivity contribution in [3.8, 4) is 0 Å². The van der Waals surface area contributed by atoms with Gasteiger partial charge in [0.15, 0.2) is 0 Å². The third-order valence-corrected chi connectivity index (χ3v) is 2.99. The average Bonchev–Trinajstić information content (AvgIpc) is 2.15. The van der Waals surface area contributed by atoms with Crippen LogP contribution in [-0.4, -0.2) is 25.2 Å². The Morgan fingerprint density at radius 3 is 2.73 bits per heavy atom. The minimum Gasteiger partial charge on any atom is -0.377 e. The Balaban J connectivity index is 2.13. The van der Waals surface area contributed by atoms with Gasteiger partial charge in [-0.15, -0.1) is 0 Å². The molecule has 0 spiro atoms. The predicted molar refractivity (Wildman–Crippen MR) is 58.5 cm³/mol. The van der Waals surface area contributed by atoms with Gasteiger partial charge < -0.3 is 10.1 Å². The zero-order valence-corrected chi connectivity index (χ0v) is 9.31. The average molecular weight is 246 g/mol. The summed E-state index contributed by atoms with van der Waals surface area (Å²) in [6, 6.07) is 5.07. The predicted octanol–water partition coefficient (Wildman–Crippen LogP) is 2.12. The van der Waals surface area contributed by atoms with Crippen molar-refractivity contribution in [3.05, 3.63) is 33.8 Å². The molecular formula is C10H9Cl2NO2. The molecule has 1 aliphatic heterocycles. The first kappa shape index (κ1) is 10.7. The number of hydrogen-bond acceptors (Lipinski definition) is 2. The van der Waals surface area contributed by atoms with E-state index in [4.69, 9.17) is 27.9 Å². The van der Waals surface area contributed by atoms with Crippen LogP contribution in [0.2, 0.25) is 10.0 Å². The molecule has 0 atom stereocenters. The molecule has 0 aliphatic carbocycles. The standard InChI is InChI=1S/C10H9Cl2NO2/c11-8-3-1-2-7(9(8)12)10(14)13-6-4-15-5-6/h1-3,6H,4-5H2,(H,13,14). The summed E-state index contributed by atoms with van der Waals surface area (Å²) in [6.07, 6.45) is 0. The van der Waals surface area contributed by atoms with Crippen LogP contribution in [0.25, 0.3) is 0 Å². The zero-order valence-electron chi connectivity index (χ0n) is 7.80. The number of halogens is 2. The first-order valence-corrected chi connectivity index (χ1v) is 5.26. The summed E-state index contributed by atoms with van der Waals surface area (Å²) < 4.78 is 4.95. The topological polar surface area (TPSA) is 38.3 Å². The van der Waals surface area contributed by atoms with E-state index in [1.165, 1.54) is 0 Å². The summed E-state index contributed by atoms with van der Waals surface area (Å²) >= 11 is 11.7. The number of ether oxygens (including phenoxy) is 1. The van der Waals surface area contributed by atoms with E-state index in [2.05, 4.69) is 5.32 Å². The lowest BCUT2D eigenvalue weighted by Gasteiger charge is -2.26. The van der Waals surface area contributed by atoms with Crippen molar-refractivity contribution in [1.29, 1.82) is 0 Å². The van der Waals surface area contributed by atoms with Crippen LogP contribution in [0.15, 0.2) is 18.2 Å². The number of rotatable bonds is 2. The fourth-order valence-corrected chi connectivity index (χ4v) is 1.65. The maximum Gasteiger partial charge on any atom is 0.253 e. The molecule has 5 heteroatoms. The Bertz CT molecular complexity index is 391. The van der Waals surface area contributed by atoms with Gasteiger partial charge in [0, 0.05) is 0 Å². The molecule has 15 heavy (non-hydrogen) atoms. The van der Waals surface area contributed by atoms with E-state index in [-0.39, 0.29) is 17.0 Å². The third-order valence-electron chi connectivity index (χ3n) is 2.17. The Hall–Kier alpha value is -0.770. The molecule has 3 nitrogen and oxygen atoms in total. The SMILES string of the molecule is O=C(NC1COC1)c1cccc(Cl)c1Cl.